The lowest BCUT2D eigenvalue weighted by molar-refractivity contribution is -0.137. The minimum Gasteiger partial charge on any atom is -0.385 e. The van der Waals surface area contributed by atoms with Gasteiger partial charge in [0.25, 0.3) is 0 Å². The Morgan fingerprint density at radius 2 is 1.94 bits per heavy atom. The summed E-state index contributed by atoms with van der Waals surface area (Å²) in [5.41, 5.74) is 0.0450. The second-order valence-electron chi connectivity index (χ2n) is 7.40. The first-order chi connectivity index (χ1) is 14.7. The van der Waals surface area contributed by atoms with Crippen LogP contribution >= 0.6 is 24.0 Å². The first-order valence-electron chi connectivity index (χ1n) is 10.3. The first-order valence-corrected chi connectivity index (χ1v) is 10.3. The number of hydrogen-bond acceptors (Lipinski definition) is 4. The predicted molar refractivity (Wildman–Crippen MR) is 129 cm³/mol. The average molecular weight is 568 g/mol. The predicted octanol–water partition coefficient (Wildman–Crippen LogP) is 4.03. The number of aromatic nitrogens is 3. The Morgan fingerprint density at radius 1 is 1.22 bits per heavy atom. The van der Waals surface area contributed by atoms with Crippen LogP contribution in [0.5, 0.6) is 0 Å². The quantitative estimate of drug-likeness (QED) is 0.196. The van der Waals surface area contributed by atoms with Crippen LogP contribution in [0.1, 0.15) is 48.5 Å². The van der Waals surface area contributed by atoms with Crippen LogP contribution in [0, 0.1) is 6.92 Å². The summed E-state index contributed by atoms with van der Waals surface area (Å²) in [5.74, 6) is 2.13. The van der Waals surface area contributed by atoms with Gasteiger partial charge in [-0.05, 0) is 37.3 Å². The fourth-order valence-electron chi connectivity index (χ4n) is 2.93. The molecule has 32 heavy (non-hydrogen) atoms. The molecule has 1 unspecified atom stereocenters. The van der Waals surface area contributed by atoms with Gasteiger partial charge in [0.1, 0.15) is 12.4 Å². The molecule has 0 saturated carbocycles. The topological polar surface area (TPSA) is 76.4 Å². The summed E-state index contributed by atoms with van der Waals surface area (Å²) in [5, 5.41) is 14.6. The molecular formula is C21H32F3IN6O. The van der Waals surface area contributed by atoms with Crippen molar-refractivity contribution < 1.29 is 17.9 Å². The van der Waals surface area contributed by atoms with Gasteiger partial charge in [-0.1, -0.05) is 25.1 Å². The van der Waals surface area contributed by atoms with Crippen molar-refractivity contribution in [2.45, 2.75) is 45.3 Å². The molecule has 0 bridgehead atoms. The van der Waals surface area contributed by atoms with E-state index in [2.05, 4.69) is 25.8 Å². The number of nitrogens with one attached hydrogen (secondary N) is 2. The maximum absolute atomic E-state index is 13.0. The van der Waals surface area contributed by atoms with E-state index >= 15 is 0 Å². The molecule has 1 atom stereocenters. The van der Waals surface area contributed by atoms with Crippen LogP contribution in [0.25, 0.3) is 0 Å². The van der Waals surface area contributed by atoms with Crippen molar-refractivity contribution in [1.29, 1.82) is 0 Å². The Morgan fingerprint density at radius 3 is 2.56 bits per heavy atom. The molecule has 0 radical (unpaired) electrons. The van der Waals surface area contributed by atoms with Gasteiger partial charge in [0, 0.05) is 33.9 Å². The summed E-state index contributed by atoms with van der Waals surface area (Å²) in [6.07, 6.45) is -2.86. The Balaban J connectivity index is 0.00000512. The molecule has 2 rings (SSSR count). The van der Waals surface area contributed by atoms with Gasteiger partial charge in [-0.25, -0.2) is 4.99 Å². The van der Waals surface area contributed by atoms with E-state index in [4.69, 9.17) is 4.74 Å². The number of guanidine groups is 1. The number of halogens is 4. The van der Waals surface area contributed by atoms with E-state index in [1.165, 1.54) is 12.1 Å². The highest BCUT2D eigenvalue weighted by Crippen LogP contribution is 2.31. The van der Waals surface area contributed by atoms with Crippen molar-refractivity contribution in [3.05, 3.63) is 47.0 Å². The maximum Gasteiger partial charge on any atom is 0.416 e. The molecule has 2 aromatic rings. The number of ether oxygens (including phenoxy) is 1. The van der Waals surface area contributed by atoms with Gasteiger partial charge < -0.3 is 19.9 Å². The molecule has 0 amide bonds. The Kier molecular flexibility index (Phi) is 12.0. The van der Waals surface area contributed by atoms with Gasteiger partial charge in [-0.2, -0.15) is 13.2 Å². The molecule has 1 aromatic carbocycles. The van der Waals surface area contributed by atoms with Crippen molar-refractivity contribution >= 4 is 29.9 Å². The minimum atomic E-state index is -4.34. The normalized spacial score (nSPS) is 12.9. The van der Waals surface area contributed by atoms with E-state index < -0.39 is 11.7 Å². The Labute approximate surface area is 204 Å². The number of nitrogens with zero attached hydrogens (tertiary/aromatic N) is 4. The van der Waals surface area contributed by atoms with E-state index in [-0.39, 0.29) is 29.9 Å². The lowest BCUT2D eigenvalue weighted by atomic mass is 9.96. The van der Waals surface area contributed by atoms with E-state index in [1.54, 1.807) is 13.2 Å². The van der Waals surface area contributed by atoms with Crippen LogP contribution in [-0.4, -0.2) is 47.5 Å². The zero-order valence-electron chi connectivity index (χ0n) is 18.9. The van der Waals surface area contributed by atoms with Crippen molar-refractivity contribution in [2.24, 2.45) is 12.0 Å². The van der Waals surface area contributed by atoms with Crippen LogP contribution in [0.15, 0.2) is 29.3 Å². The number of aryl methyl sites for hydroxylation is 1. The second-order valence-corrected chi connectivity index (χ2v) is 7.40. The lowest BCUT2D eigenvalue weighted by Crippen LogP contribution is -2.39. The van der Waals surface area contributed by atoms with E-state index in [0.29, 0.717) is 44.2 Å². The summed E-state index contributed by atoms with van der Waals surface area (Å²) in [7, 11) is 3.54. The van der Waals surface area contributed by atoms with Gasteiger partial charge in [0.05, 0.1) is 5.56 Å². The van der Waals surface area contributed by atoms with Crippen molar-refractivity contribution in [2.75, 3.05) is 26.8 Å². The molecule has 0 saturated heterocycles. The van der Waals surface area contributed by atoms with Crippen molar-refractivity contribution in [3.8, 4) is 0 Å². The number of benzene rings is 1. The summed E-state index contributed by atoms with van der Waals surface area (Å²) in [6, 6.07) is 5.50. The summed E-state index contributed by atoms with van der Waals surface area (Å²) in [4.78, 5) is 4.56. The molecule has 1 aromatic heterocycles. The van der Waals surface area contributed by atoms with E-state index in [0.717, 1.165) is 24.1 Å². The number of alkyl halides is 3. The van der Waals surface area contributed by atoms with Crippen molar-refractivity contribution in [1.82, 2.24) is 25.4 Å². The highest BCUT2D eigenvalue weighted by Gasteiger charge is 2.30. The van der Waals surface area contributed by atoms with E-state index in [1.807, 2.05) is 25.5 Å². The minimum absolute atomic E-state index is 0. The molecule has 0 fully saturated rings. The monoisotopic (exact) mass is 568 g/mol. The van der Waals surface area contributed by atoms with Crippen LogP contribution in [-0.2, 0) is 24.5 Å². The number of aliphatic imine (C=N–C) groups is 1. The SMILES string of the molecule is COCCCNC(=NCc1nnc(C)n1C)NCCC(C)c1cccc(C(F)(F)F)c1.I. The Hall–Kier alpha value is -1.89. The Bertz CT molecular complexity index is 856. The smallest absolute Gasteiger partial charge is 0.385 e. The average Bonchev–Trinajstić information content (AvgIpc) is 3.06. The summed E-state index contributed by atoms with van der Waals surface area (Å²) >= 11 is 0. The molecule has 2 N–H and O–H groups in total. The summed E-state index contributed by atoms with van der Waals surface area (Å²) in [6.45, 7) is 6.03. The van der Waals surface area contributed by atoms with Gasteiger partial charge in [0.2, 0.25) is 0 Å². The van der Waals surface area contributed by atoms with Gasteiger partial charge in [-0.15, -0.1) is 34.2 Å². The van der Waals surface area contributed by atoms with Crippen LogP contribution in [0.3, 0.4) is 0 Å². The lowest BCUT2D eigenvalue weighted by Gasteiger charge is -2.17. The zero-order chi connectivity index (χ0) is 22.9. The van der Waals surface area contributed by atoms with Crippen molar-refractivity contribution in [3.63, 3.8) is 0 Å². The molecule has 180 valence electrons. The molecule has 0 spiro atoms. The molecule has 7 nitrogen and oxygen atoms in total. The zero-order valence-corrected chi connectivity index (χ0v) is 21.2. The third-order valence-electron chi connectivity index (χ3n) is 5.03. The highest BCUT2D eigenvalue weighted by molar-refractivity contribution is 14.0. The molecule has 0 aliphatic rings. The van der Waals surface area contributed by atoms with Gasteiger partial charge in [0.15, 0.2) is 11.8 Å². The van der Waals surface area contributed by atoms with Crippen LogP contribution in [0.4, 0.5) is 13.2 Å². The number of methoxy groups -OCH3 is 1. The molecule has 1 heterocycles. The standard InChI is InChI=1S/C21H31F3N6O.HI/c1-15(17-7-5-8-18(13-17)21(22,23)24)9-11-26-20(25-10-6-12-31-4)27-14-19-29-28-16(2)30(19)3;/h5,7-8,13,15H,6,9-12,14H2,1-4H3,(H2,25,26,27);1H. The maximum atomic E-state index is 13.0. The first kappa shape index (κ1) is 28.1. The van der Waals surface area contributed by atoms with Gasteiger partial charge in [-0.3, -0.25) is 0 Å². The fourth-order valence-corrected chi connectivity index (χ4v) is 2.93. The third kappa shape index (κ3) is 8.93. The molecule has 0 aliphatic heterocycles. The number of hydrogen-bond donors (Lipinski definition) is 2. The fraction of sp³-hybridized carbons (Fsp3) is 0.571. The summed E-state index contributed by atoms with van der Waals surface area (Å²) < 4.78 is 45.8. The second kappa shape index (κ2) is 13.6. The van der Waals surface area contributed by atoms with Crippen LogP contribution in [0.2, 0.25) is 0 Å². The molecule has 0 aliphatic carbocycles. The number of rotatable bonds is 10. The molecule has 11 heteroatoms. The van der Waals surface area contributed by atoms with E-state index in [9.17, 15) is 13.2 Å². The van der Waals surface area contributed by atoms with Gasteiger partial charge >= 0.3 is 6.18 Å². The van der Waals surface area contributed by atoms with Crippen LogP contribution < -0.4 is 10.6 Å². The molecular weight excluding hydrogens is 536 g/mol. The largest absolute Gasteiger partial charge is 0.416 e. The third-order valence-corrected chi connectivity index (χ3v) is 5.03. The highest BCUT2D eigenvalue weighted by atomic mass is 127.